The van der Waals surface area contributed by atoms with E-state index >= 15 is 0 Å². The summed E-state index contributed by atoms with van der Waals surface area (Å²) in [6.07, 6.45) is -0.0855. The van der Waals surface area contributed by atoms with E-state index in [4.69, 9.17) is 21.1 Å². The van der Waals surface area contributed by atoms with Crippen molar-refractivity contribution in [1.29, 1.82) is 0 Å². The number of benzene rings is 2. The summed E-state index contributed by atoms with van der Waals surface area (Å²) in [5, 5.41) is 10.3. The number of amides is 1. The van der Waals surface area contributed by atoms with Gasteiger partial charge in [-0.15, -0.1) is 0 Å². The fourth-order valence-corrected chi connectivity index (χ4v) is 8.18. The van der Waals surface area contributed by atoms with Crippen molar-refractivity contribution >= 4 is 27.5 Å². The number of ether oxygens (including phenoxy) is 2. The van der Waals surface area contributed by atoms with Crippen LogP contribution in [0.1, 0.15) is 67.5 Å². The predicted molar refractivity (Wildman–Crippen MR) is 154 cm³/mol. The monoisotopic (exact) mass is 590 g/mol. The maximum atomic E-state index is 14.0. The Balaban J connectivity index is 1.35. The number of nitrogens with one attached hydrogen (secondary N) is 3. The fourth-order valence-electron chi connectivity index (χ4n) is 5.85. The van der Waals surface area contributed by atoms with Gasteiger partial charge in [-0.3, -0.25) is 10.1 Å². The van der Waals surface area contributed by atoms with E-state index in [1.807, 2.05) is 31.2 Å². The molecule has 2 aromatic rings. The van der Waals surface area contributed by atoms with Crippen LogP contribution in [0, 0.1) is 20.8 Å². The fraction of sp³-hybridized carbons (Fsp3) is 0.552. The average Bonchev–Trinajstić information content (AvgIpc) is 3.55. The van der Waals surface area contributed by atoms with Gasteiger partial charge >= 0.3 is 0 Å². The van der Waals surface area contributed by atoms with Gasteiger partial charge in [0, 0.05) is 42.2 Å². The molecule has 0 radical (unpaired) electrons. The summed E-state index contributed by atoms with van der Waals surface area (Å²) in [4.78, 5) is 13.7. The molecule has 40 heavy (non-hydrogen) atoms. The second-order valence-electron chi connectivity index (χ2n) is 12.1. The molecule has 2 saturated heterocycles. The van der Waals surface area contributed by atoms with Gasteiger partial charge in [0.25, 0.3) is 0 Å². The molecular formula is C29H39ClN4O5S. The van der Waals surface area contributed by atoms with Crippen LogP contribution in [0.2, 0.25) is 5.02 Å². The Labute approximate surface area is 242 Å². The summed E-state index contributed by atoms with van der Waals surface area (Å²) in [7, 11) is -3.91. The zero-order valence-corrected chi connectivity index (χ0v) is 25.6. The third kappa shape index (κ3) is 5.62. The number of aryl methyl sites for hydroxylation is 3. The molecule has 0 aromatic heterocycles. The van der Waals surface area contributed by atoms with Crippen LogP contribution in [-0.2, 0) is 26.1 Å². The second-order valence-corrected chi connectivity index (χ2v) is 14.3. The van der Waals surface area contributed by atoms with Crippen LogP contribution in [0.25, 0.3) is 0 Å². The summed E-state index contributed by atoms with van der Waals surface area (Å²) in [5.41, 5.74) is 2.77. The van der Waals surface area contributed by atoms with E-state index in [0.29, 0.717) is 48.0 Å². The smallest absolute Gasteiger partial charge is 0.246 e. The number of hydrogen-bond donors (Lipinski definition) is 3. The average molecular weight is 591 g/mol. The van der Waals surface area contributed by atoms with Gasteiger partial charge in [-0.1, -0.05) is 29.3 Å². The number of rotatable bonds is 7. The Morgan fingerprint density at radius 3 is 2.55 bits per heavy atom. The molecule has 0 saturated carbocycles. The quantitative estimate of drug-likeness (QED) is 0.420. The molecule has 3 heterocycles. The molecule has 3 N–H and O–H groups in total. The van der Waals surface area contributed by atoms with Crippen molar-refractivity contribution in [2.75, 3.05) is 19.7 Å². The molecule has 5 rings (SSSR count). The molecule has 218 valence electrons. The highest BCUT2D eigenvalue weighted by Crippen LogP contribution is 2.47. The molecule has 2 unspecified atom stereocenters. The summed E-state index contributed by atoms with van der Waals surface area (Å²) in [6.45, 7) is 13.5. The molecule has 0 bridgehead atoms. The van der Waals surface area contributed by atoms with Crippen molar-refractivity contribution in [3.63, 3.8) is 0 Å². The van der Waals surface area contributed by atoms with Crippen molar-refractivity contribution in [2.45, 2.75) is 89.4 Å². The minimum absolute atomic E-state index is 0.0645. The van der Waals surface area contributed by atoms with Crippen molar-refractivity contribution in [1.82, 2.24) is 20.3 Å². The minimum Gasteiger partial charge on any atom is -0.493 e. The molecule has 0 aliphatic carbocycles. The number of carbonyl (C=O) groups excluding carboxylic acids is 1. The van der Waals surface area contributed by atoms with Gasteiger partial charge in [-0.05, 0) is 70.4 Å². The largest absolute Gasteiger partial charge is 0.493 e. The first-order valence-corrected chi connectivity index (χ1v) is 15.5. The van der Waals surface area contributed by atoms with E-state index in [0.717, 1.165) is 16.7 Å². The number of carbonyl (C=O) groups is 1. The molecule has 3 aliphatic rings. The Kier molecular flexibility index (Phi) is 7.74. The van der Waals surface area contributed by atoms with Crippen LogP contribution in [0.15, 0.2) is 29.2 Å². The first kappa shape index (κ1) is 29.3. The maximum Gasteiger partial charge on any atom is 0.246 e. The SMILES string of the molecule is Cc1cc(C)c(S(=O)(=O)N2CCNC3OC32CC(=O)N[C@@H]2CCOc3cc(CNC(C)(C)C)c(Cl)cc32)c(C)c1. The van der Waals surface area contributed by atoms with Crippen LogP contribution in [0.5, 0.6) is 5.75 Å². The highest BCUT2D eigenvalue weighted by Gasteiger charge is 2.67. The normalized spacial score (nSPS) is 24.6. The minimum atomic E-state index is -3.91. The van der Waals surface area contributed by atoms with E-state index in [1.165, 1.54) is 4.31 Å². The maximum absolute atomic E-state index is 14.0. The van der Waals surface area contributed by atoms with Crippen LogP contribution in [0.3, 0.4) is 0 Å². The number of halogens is 1. The zero-order chi connectivity index (χ0) is 29.0. The zero-order valence-electron chi connectivity index (χ0n) is 24.0. The van der Waals surface area contributed by atoms with Gasteiger partial charge in [-0.25, -0.2) is 8.42 Å². The Morgan fingerprint density at radius 2 is 1.88 bits per heavy atom. The van der Waals surface area contributed by atoms with E-state index in [2.05, 4.69) is 36.7 Å². The molecular weight excluding hydrogens is 552 g/mol. The third-order valence-electron chi connectivity index (χ3n) is 7.67. The van der Waals surface area contributed by atoms with Gasteiger partial charge in [0.15, 0.2) is 12.0 Å². The number of nitrogens with zero attached hydrogens (tertiary/aromatic N) is 1. The Bertz CT molecular complexity index is 1420. The third-order valence-corrected chi connectivity index (χ3v) is 10.3. The lowest BCUT2D eigenvalue weighted by molar-refractivity contribution is -0.124. The summed E-state index contributed by atoms with van der Waals surface area (Å²) >= 11 is 6.63. The van der Waals surface area contributed by atoms with Crippen LogP contribution < -0.4 is 20.7 Å². The lowest BCUT2D eigenvalue weighted by atomic mass is 9.97. The lowest BCUT2D eigenvalue weighted by Crippen LogP contribution is -2.55. The number of hydrogen-bond acceptors (Lipinski definition) is 7. The molecule has 1 amide bonds. The van der Waals surface area contributed by atoms with E-state index in [9.17, 15) is 13.2 Å². The first-order chi connectivity index (χ1) is 18.7. The number of sulfonamides is 1. The second kappa shape index (κ2) is 10.6. The van der Waals surface area contributed by atoms with Crippen LogP contribution in [-0.4, -0.2) is 55.8 Å². The predicted octanol–water partition coefficient (Wildman–Crippen LogP) is 3.83. The summed E-state index contributed by atoms with van der Waals surface area (Å²) < 4.78 is 41.1. The standard InChI is InChI=1S/C29H39ClN4O5S/c1-17-11-18(2)26(19(3)12-17)40(36,37)34-9-8-31-27-29(34,39-27)15-25(35)33-23-7-10-38-24-13-20(16-32-28(4,5)6)22(30)14-21(23)24/h11-14,23,27,31-32H,7-10,15-16H2,1-6H3,(H,33,35)/t23-,27?,29?/m1/s1. The highest BCUT2D eigenvalue weighted by molar-refractivity contribution is 7.89. The van der Waals surface area contributed by atoms with E-state index in [-0.39, 0.29) is 35.3 Å². The van der Waals surface area contributed by atoms with Crippen LogP contribution in [0.4, 0.5) is 0 Å². The molecule has 11 heteroatoms. The number of fused-ring (bicyclic) bond motifs is 2. The lowest BCUT2D eigenvalue weighted by Gasteiger charge is -2.33. The van der Waals surface area contributed by atoms with Crippen molar-refractivity contribution < 1.29 is 22.7 Å². The molecule has 9 nitrogen and oxygen atoms in total. The number of epoxide rings is 1. The van der Waals surface area contributed by atoms with Gasteiger partial charge in [-0.2, -0.15) is 4.31 Å². The summed E-state index contributed by atoms with van der Waals surface area (Å²) in [6, 6.07) is 7.21. The van der Waals surface area contributed by atoms with Gasteiger partial charge < -0.3 is 20.1 Å². The molecule has 2 fully saturated rings. The van der Waals surface area contributed by atoms with Crippen molar-refractivity contribution in [3.05, 3.63) is 57.1 Å². The Morgan fingerprint density at radius 1 is 1.18 bits per heavy atom. The highest BCUT2D eigenvalue weighted by atomic mass is 35.5. The van der Waals surface area contributed by atoms with Gasteiger partial charge in [0.1, 0.15) is 5.75 Å². The van der Waals surface area contributed by atoms with E-state index in [1.54, 1.807) is 13.8 Å². The van der Waals surface area contributed by atoms with Gasteiger partial charge in [0.2, 0.25) is 15.9 Å². The van der Waals surface area contributed by atoms with Crippen molar-refractivity contribution in [2.24, 2.45) is 0 Å². The van der Waals surface area contributed by atoms with Gasteiger partial charge in [0.05, 0.1) is 24.0 Å². The molecule has 2 aromatic carbocycles. The van der Waals surface area contributed by atoms with Crippen molar-refractivity contribution in [3.8, 4) is 5.75 Å². The van der Waals surface area contributed by atoms with Crippen LogP contribution >= 0.6 is 11.6 Å². The van der Waals surface area contributed by atoms with E-state index < -0.39 is 22.0 Å². The molecule has 3 atom stereocenters. The number of piperazine rings is 1. The topological polar surface area (TPSA) is 112 Å². The first-order valence-electron chi connectivity index (χ1n) is 13.7. The molecule has 3 aliphatic heterocycles. The summed E-state index contributed by atoms with van der Waals surface area (Å²) in [5.74, 6) is 0.399. The molecule has 0 spiro atoms. The Hall–Kier alpha value is -2.21.